The standard InChI is InChI=1S/C8H5ClN2/c9-8-5-11-4-6-3-10-2-1-7(6)8/h1-5H. The van der Waals surface area contributed by atoms with Crippen LogP contribution in [0, 0.1) is 0 Å². The van der Waals surface area contributed by atoms with Crippen molar-refractivity contribution >= 4 is 22.4 Å². The van der Waals surface area contributed by atoms with Gasteiger partial charge in [-0.15, -0.1) is 0 Å². The molecule has 0 amide bonds. The van der Waals surface area contributed by atoms with Gasteiger partial charge in [0.15, 0.2) is 0 Å². The number of hydrogen-bond acceptors (Lipinski definition) is 2. The molecular formula is C8H5ClN2. The average molecular weight is 165 g/mol. The molecule has 0 fully saturated rings. The number of hydrogen-bond donors (Lipinski definition) is 0. The molecule has 0 atom stereocenters. The van der Waals surface area contributed by atoms with Gasteiger partial charge in [-0.25, -0.2) is 0 Å². The predicted molar refractivity (Wildman–Crippen MR) is 44.5 cm³/mol. The zero-order valence-corrected chi connectivity index (χ0v) is 6.42. The summed E-state index contributed by atoms with van der Waals surface area (Å²) in [5.74, 6) is 0. The van der Waals surface area contributed by atoms with Gasteiger partial charge in [-0.05, 0) is 6.07 Å². The van der Waals surface area contributed by atoms with E-state index in [4.69, 9.17) is 11.6 Å². The summed E-state index contributed by atoms with van der Waals surface area (Å²) in [6, 6.07) is 1.87. The summed E-state index contributed by atoms with van der Waals surface area (Å²) < 4.78 is 0. The molecule has 0 aliphatic heterocycles. The normalized spacial score (nSPS) is 10.3. The fraction of sp³-hybridized carbons (Fsp3) is 0. The SMILES string of the molecule is Clc1cncc2cnccc12. The molecule has 54 valence electrons. The first-order chi connectivity index (χ1) is 5.38. The van der Waals surface area contributed by atoms with E-state index >= 15 is 0 Å². The Bertz CT molecular complexity index is 381. The van der Waals surface area contributed by atoms with E-state index in [1.54, 1.807) is 24.8 Å². The number of rotatable bonds is 0. The van der Waals surface area contributed by atoms with Crippen molar-refractivity contribution in [1.82, 2.24) is 9.97 Å². The number of pyridine rings is 2. The maximum absolute atomic E-state index is 5.87. The summed E-state index contributed by atoms with van der Waals surface area (Å²) >= 11 is 5.87. The van der Waals surface area contributed by atoms with Crippen molar-refractivity contribution in [3.63, 3.8) is 0 Å². The molecule has 11 heavy (non-hydrogen) atoms. The van der Waals surface area contributed by atoms with Gasteiger partial charge in [0, 0.05) is 35.6 Å². The minimum absolute atomic E-state index is 0.671. The van der Waals surface area contributed by atoms with Gasteiger partial charge < -0.3 is 0 Å². The molecule has 0 aromatic carbocycles. The molecule has 0 unspecified atom stereocenters. The van der Waals surface area contributed by atoms with Crippen molar-refractivity contribution in [2.45, 2.75) is 0 Å². The van der Waals surface area contributed by atoms with Gasteiger partial charge in [0.25, 0.3) is 0 Å². The van der Waals surface area contributed by atoms with E-state index in [1.165, 1.54) is 0 Å². The summed E-state index contributed by atoms with van der Waals surface area (Å²) in [4.78, 5) is 7.90. The summed E-state index contributed by atoms with van der Waals surface area (Å²) in [5, 5.41) is 2.64. The average Bonchev–Trinajstić information content (AvgIpc) is 2.06. The Labute approximate surface area is 68.9 Å². The van der Waals surface area contributed by atoms with Gasteiger partial charge in [0.2, 0.25) is 0 Å². The van der Waals surface area contributed by atoms with E-state index in [9.17, 15) is 0 Å². The summed E-state index contributed by atoms with van der Waals surface area (Å²) in [5.41, 5.74) is 0. The summed E-state index contributed by atoms with van der Waals surface area (Å²) in [7, 11) is 0. The number of aromatic nitrogens is 2. The van der Waals surface area contributed by atoms with Crippen LogP contribution in [0.5, 0.6) is 0 Å². The molecule has 0 radical (unpaired) electrons. The highest BCUT2D eigenvalue weighted by molar-refractivity contribution is 6.35. The van der Waals surface area contributed by atoms with E-state index in [0.29, 0.717) is 5.02 Å². The lowest BCUT2D eigenvalue weighted by molar-refractivity contribution is 1.32. The second-order valence-corrected chi connectivity index (χ2v) is 2.63. The van der Waals surface area contributed by atoms with Crippen LogP contribution in [0.3, 0.4) is 0 Å². The van der Waals surface area contributed by atoms with Crippen molar-refractivity contribution in [2.24, 2.45) is 0 Å². The van der Waals surface area contributed by atoms with Crippen LogP contribution in [0.4, 0.5) is 0 Å². The Kier molecular flexibility index (Phi) is 1.47. The van der Waals surface area contributed by atoms with Crippen molar-refractivity contribution in [1.29, 1.82) is 0 Å². The van der Waals surface area contributed by atoms with Gasteiger partial charge in [-0.2, -0.15) is 0 Å². The quantitative estimate of drug-likeness (QED) is 0.597. The first kappa shape index (κ1) is 6.55. The van der Waals surface area contributed by atoms with Gasteiger partial charge in [0.05, 0.1) is 5.02 Å². The minimum atomic E-state index is 0.671. The molecule has 0 aliphatic carbocycles. The van der Waals surface area contributed by atoms with Gasteiger partial charge >= 0.3 is 0 Å². The van der Waals surface area contributed by atoms with Crippen molar-refractivity contribution in [3.05, 3.63) is 35.9 Å². The predicted octanol–water partition coefficient (Wildman–Crippen LogP) is 2.28. The zero-order valence-electron chi connectivity index (χ0n) is 5.66. The number of nitrogens with zero attached hydrogens (tertiary/aromatic N) is 2. The lowest BCUT2D eigenvalue weighted by Crippen LogP contribution is -1.77. The molecule has 2 rings (SSSR count). The molecule has 2 nitrogen and oxygen atoms in total. The third-order valence-corrected chi connectivity index (χ3v) is 1.81. The van der Waals surface area contributed by atoms with Crippen molar-refractivity contribution in [2.75, 3.05) is 0 Å². The lowest BCUT2D eigenvalue weighted by Gasteiger charge is -1.95. The maximum atomic E-state index is 5.87. The Morgan fingerprint density at radius 3 is 2.73 bits per heavy atom. The second kappa shape index (κ2) is 2.47. The van der Waals surface area contributed by atoms with Gasteiger partial charge in [-0.1, -0.05) is 11.6 Å². The van der Waals surface area contributed by atoms with Crippen LogP contribution in [0.15, 0.2) is 30.9 Å². The van der Waals surface area contributed by atoms with Crippen LogP contribution in [0.1, 0.15) is 0 Å². The van der Waals surface area contributed by atoms with E-state index in [-0.39, 0.29) is 0 Å². The summed E-state index contributed by atoms with van der Waals surface area (Å²) in [6.45, 7) is 0. The van der Waals surface area contributed by atoms with Gasteiger partial charge in [0.1, 0.15) is 0 Å². The van der Waals surface area contributed by atoms with E-state index in [2.05, 4.69) is 9.97 Å². The van der Waals surface area contributed by atoms with Crippen molar-refractivity contribution in [3.8, 4) is 0 Å². The highest BCUT2D eigenvalue weighted by Crippen LogP contribution is 2.19. The largest absolute Gasteiger partial charge is 0.264 e. The first-order valence-corrected chi connectivity index (χ1v) is 3.59. The Hall–Kier alpha value is -1.15. The molecule has 0 aliphatic rings. The van der Waals surface area contributed by atoms with Gasteiger partial charge in [-0.3, -0.25) is 9.97 Å². The lowest BCUT2D eigenvalue weighted by atomic mass is 10.2. The molecule has 2 heterocycles. The van der Waals surface area contributed by atoms with Crippen LogP contribution in [-0.4, -0.2) is 9.97 Å². The molecular weight excluding hydrogens is 160 g/mol. The molecule has 0 bridgehead atoms. The Balaban J connectivity index is 2.91. The fourth-order valence-electron chi connectivity index (χ4n) is 0.980. The number of fused-ring (bicyclic) bond motifs is 1. The van der Waals surface area contributed by atoms with E-state index < -0.39 is 0 Å². The van der Waals surface area contributed by atoms with Crippen LogP contribution in [0.2, 0.25) is 5.02 Å². The monoisotopic (exact) mass is 164 g/mol. The third kappa shape index (κ3) is 1.05. The maximum Gasteiger partial charge on any atom is 0.0668 e. The molecule has 0 saturated carbocycles. The third-order valence-electron chi connectivity index (χ3n) is 1.51. The Morgan fingerprint density at radius 1 is 1.09 bits per heavy atom. The fourth-order valence-corrected chi connectivity index (χ4v) is 1.21. The Morgan fingerprint density at radius 2 is 1.91 bits per heavy atom. The summed E-state index contributed by atoms with van der Waals surface area (Å²) in [6.07, 6.45) is 6.83. The topological polar surface area (TPSA) is 25.8 Å². The zero-order chi connectivity index (χ0) is 7.68. The molecule has 0 N–H and O–H groups in total. The van der Waals surface area contributed by atoms with Crippen LogP contribution < -0.4 is 0 Å². The number of halogens is 1. The van der Waals surface area contributed by atoms with Crippen molar-refractivity contribution < 1.29 is 0 Å². The van der Waals surface area contributed by atoms with E-state index in [1.807, 2.05) is 6.07 Å². The van der Waals surface area contributed by atoms with E-state index in [0.717, 1.165) is 10.8 Å². The highest BCUT2D eigenvalue weighted by atomic mass is 35.5. The molecule has 2 aromatic rings. The van der Waals surface area contributed by atoms with Crippen LogP contribution in [0.25, 0.3) is 10.8 Å². The first-order valence-electron chi connectivity index (χ1n) is 3.21. The minimum Gasteiger partial charge on any atom is -0.264 e. The molecule has 2 aromatic heterocycles. The molecule has 3 heteroatoms. The molecule has 0 saturated heterocycles. The van der Waals surface area contributed by atoms with Crippen LogP contribution in [-0.2, 0) is 0 Å². The highest BCUT2D eigenvalue weighted by Gasteiger charge is 1.95. The smallest absolute Gasteiger partial charge is 0.0668 e. The second-order valence-electron chi connectivity index (χ2n) is 2.22. The molecule has 0 spiro atoms. The van der Waals surface area contributed by atoms with Crippen LogP contribution >= 0.6 is 11.6 Å².